The summed E-state index contributed by atoms with van der Waals surface area (Å²) < 4.78 is 5.49. The largest absolute Gasteiger partial charge is 0.375 e. The molecule has 84 valence electrons. The lowest BCUT2D eigenvalue weighted by molar-refractivity contribution is 0.0267. The first kappa shape index (κ1) is 13.4. The number of nitrogens with zero attached hydrogens (tertiary/aromatic N) is 1. The molecule has 1 fully saturated rings. The van der Waals surface area contributed by atoms with Crippen molar-refractivity contribution >= 4 is 0 Å². The molecule has 3 nitrogen and oxygen atoms in total. The minimum Gasteiger partial charge on any atom is -0.375 e. The van der Waals surface area contributed by atoms with Gasteiger partial charge in [-0.1, -0.05) is 33.1 Å². The number of nitrogens with two attached hydrogens (primary N) is 1. The Morgan fingerprint density at radius 1 is 1.43 bits per heavy atom. The number of hydrogen-bond donors (Lipinski definition) is 1. The van der Waals surface area contributed by atoms with Crippen molar-refractivity contribution in [3.05, 3.63) is 0 Å². The minimum absolute atomic E-state index is 0. The van der Waals surface area contributed by atoms with Crippen molar-refractivity contribution in [1.29, 1.82) is 5.26 Å². The molecule has 0 aromatic rings. The minimum atomic E-state index is -0.452. The van der Waals surface area contributed by atoms with Crippen molar-refractivity contribution < 1.29 is 6.16 Å². The first-order chi connectivity index (χ1) is 6.83. The van der Waals surface area contributed by atoms with Crippen LogP contribution in [-0.2, 0) is 4.74 Å². The van der Waals surface area contributed by atoms with Crippen LogP contribution in [0.1, 0.15) is 47.4 Å². The summed E-state index contributed by atoms with van der Waals surface area (Å²) in [6.45, 7) is 4.39. The molecule has 1 saturated carbocycles. The standard InChI is InChI=1S/C9H16N2O.C2H6.H2/c10-6-8(11)7-12-9-4-2-1-3-5-9;1-2;/h8-9H,1-5,7,11H2;1-2H3;1H. The van der Waals surface area contributed by atoms with Gasteiger partial charge in [0.1, 0.15) is 6.04 Å². The Balaban J connectivity index is 0. The molecule has 0 aromatic heterocycles. The Hall–Kier alpha value is -0.590. The summed E-state index contributed by atoms with van der Waals surface area (Å²) in [5.74, 6) is 0. The van der Waals surface area contributed by atoms with Gasteiger partial charge in [-0.05, 0) is 12.8 Å². The van der Waals surface area contributed by atoms with Gasteiger partial charge >= 0.3 is 0 Å². The van der Waals surface area contributed by atoms with Crippen LogP contribution in [0.3, 0.4) is 0 Å². The second kappa shape index (κ2) is 8.98. The predicted octanol–water partition coefficient (Wildman–Crippen LogP) is 2.46. The second-order valence-electron chi connectivity index (χ2n) is 3.33. The Labute approximate surface area is 88.7 Å². The van der Waals surface area contributed by atoms with Gasteiger partial charge in [0.25, 0.3) is 0 Å². The third-order valence-electron chi connectivity index (χ3n) is 2.23. The van der Waals surface area contributed by atoms with E-state index in [1.165, 1.54) is 19.3 Å². The number of nitriles is 1. The molecule has 1 rings (SSSR count). The van der Waals surface area contributed by atoms with Crippen molar-refractivity contribution in [1.82, 2.24) is 0 Å². The molecule has 3 heteroatoms. The van der Waals surface area contributed by atoms with Gasteiger partial charge in [0.15, 0.2) is 0 Å². The fourth-order valence-corrected chi connectivity index (χ4v) is 1.51. The molecule has 1 aliphatic rings. The molecule has 0 aromatic carbocycles. The van der Waals surface area contributed by atoms with Crippen LogP contribution in [0.2, 0.25) is 0 Å². The Bertz CT molecular complexity index is 164. The lowest BCUT2D eigenvalue weighted by Crippen LogP contribution is -2.28. The molecule has 2 N–H and O–H groups in total. The molecule has 0 heterocycles. The third kappa shape index (κ3) is 5.95. The highest BCUT2D eigenvalue weighted by atomic mass is 16.5. The smallest absolute Gasteiger partial charge is 0.116 e. The Kier molecular flexibility index (Phi) is 8.61. The van der Waals surface area contributed by atoms with Crippen molar-refractivity contribution in [2.45, 2.75) is 58.1 Å². The third-order valence-corrected chi connectivity index (χ3v) is 2.23. The summed E-state index contributed by atoms with van der Waals surface area (Å²) in [4.78, 5) is 0. The molecule has 14 heavy (non-hydrogen) atoms. The maximum atomic E-state index is 8.41. The summed E-state index contributed by atoms with van der Waals surface area (Å²) in [7, 11) is 0. The van der Waals surface area contributed by atoms with Crippen molar-refractivity contribution in [3.63, 3.8) is 0 Å². The van der Waals surface area contributed by atoms with Gasteiger partial charge in [0, 0.05) is 1.43 Å². The van der Waals surface area contributed by atoms with E-state index < -0.39 is 6.04 Å². The molecular weight excluding hydrogens is 176 g/mol. The van der Waals surface area contributed by atoms with E-state index in [1.54, 1.807) is 0 Å². The second-order valence-corrected chi connectivity index (χ2v) is 3.33. The van der Waals surface area contributed by atoms with Crippen molar-refractivity contribution in [2.75, 3.05) is 6.61 Å². The van der Waals surface area contributed by atoms with E-state index in [-0.39, 0.29) is 1.43 Å². The highest BCUT2D eigenvalue weighted by Gasteiger charge is 2.14. The molecular formula is C11H24N2O. The molecule has 0 aliphatic heterocycles. The lowest BCUT2D eigenvalue weighted by Gasteiger charge is -2.22. The fourth-order valence-electron chi connectivity index (χ4n) is 1.51. The van der Waals surface area contributed by atoms with Crippen LogP contribution < -0.4 is 5.73 Å². The summed E-state index contributed by atoms with van der Waals surface area (Å²) in [5.41, 5.74) is 5.40. The summed E-state index contributed by atoms with van der Waals surface area (Å²) >= 11 is 0. The summed E-state index contributed by atoms with van der Waals surface area (Å²) in [5, 5.41) is 8.41. The van der Waals surface area contributed by atoms with E-state index in [1.807, 2.05) is 19.9 Å². The topological polar surface area (TPSA) is 59.0 Å². The van der Waals surface area contributed by atoms with Gasteiger partial charge in [-0.15, -0.1) is 0 Å². The first-order valence-electron chi connectivity index (χ1n) is 5.59. The summed E-state index contributed by atoms with van der Waals surface area (Å²) in [6.07, 6.45) is 6.47. The van der Waals surface area contributed by atoms with Crippen molar-refractivity contribution in [2.24, 2.45) is 5.73 Å². The van der Waals surface area contributed by atoms with Crippen LogP contribution in [0.4, 0.5) is 0 Å². The lowest BCUT2D eigenvalue weighted by atomic mass is 9.98. The van der Waals surface area contributed by atoms with Gasteiger partial charge in [0.05, 0.1) is 18.8 Å². The molecule has 0 bridgehead atoms. The molecule has 0 saturated heterocycles. The van der Waals surface area contributed by atoms with Gasteiger partial charge in [-0.25, -0.2) is 0 Å². The van der Waals surface area contributed by atoms with Crippen molar-refractivity contribution in [3.8, 4) is 6.07 Å². The Morgan fingerprint density at radius 2 is 2.00 bits per heavy atom. The highest BCUT2D eigenvalue weighted by Crippen LogP contribution is 2.19. The predicted molar refractivity (Wildman–Crippen MR) is 59.9 cm³/mol. The zero-order valence-corrected chi connectivity index (χ0v) is 9.33. The van der Waals surface area contributed by atoms with E-state index in [9.17, 15) is 0 Å². The van der Waals surface area contributed by atoms with Gasteiger partial charge < -0.3 is 10.5 Å². The van der Waals surface area contributed by atoms with Crippen LogP contribution in [-0.4, -0.2) is 18.8 Å². The zero-order chi connectivity index (χ0) is 10.8. The van der Waals surface area contributed by atoms with Crippen LogP contribution in [0.25, 0.3) is 0 Å². The van der Waals surface area contributed by atoms with E-state index in [2.05, 4.69) is 0 Å². The SMILES string of the molecule is CC.N#CC(N)COC1CCCCC1.[HH]. The molecule has 0 radical (unpaired) electrons. The normalized spacial score (nSPS) is 19.0. The fraction of sp³-hybridized carbons (Fsp3) is 0.909. The maximum Gasteiger partial charge on any atom is 0.116 e. The number of hydrogen-bond acceptors (Lipinski definition) is 3. The van der Waals surface area contributed by atoms with E-state index >= 15 is 0 Å². The van der Waals surface area contributed by atoms with Crippen LogP contribution in [0, 0.1) is 11.3 Å². The number of ether oxygens (including phenoxy) is 1. The van der Waals surface area contributed by atoms with Gasteiger partial charge in [0.2, 0.25) is 0 Å². The number of rotatable bonds is 3. The first-order valence-corrected chi connectivity index (χ1v) is 5.59. The van der Waals surface area contributed by atoms with Crippen LogP contribution in [0.15, 0.2) is 0 Å². The van der Waals surface area contributed by atoms with E-state index in [0.717, 1.165) is 12.8 Å². The van der Waals surface area contributed by atoms with Crippen LogP contribution in [0.5, 0.6) is 0 Å². The van der Waals surface area contributed by atoms with E-state index in [0.29, 0.717) is 12.7 Å². The molecule has 1 atom stereocenters. The average Bonchev–Trinajstić information content (AvgIpc) is 2.30. The van der Waals surface area contributed by atoms with Crippen LogP contribution >= 0.6 is 0 Å². The average molecular weight is 200 g/mol. The highest BCUT2D eigenvalue weighted by molar-refractivity contribution is 4.86. The maximum absolute atomic E-state index is 8.41. The molecule has 1 aliphatic carbocycles. The molecule has 0 amide bonds. The van der Waals surface area contributed by atoms with Gasteiger partial charge in [-0.3, -0.25) is 0 Å². The molecule has 0 spiro atoms. The van der Waals surface area contributed by atoms with Gasteiger partial charge in [-0.2, -0.15) is 5.26 Å². The molecule has 1 unspecified atom stereocenters. The summed E-state index contributed by atoms with van der Waals surface area (Å²) in [6, 6.07) is 1.51. The van der Waals surface area contributed by atoms with E-state index in [4.69, 9.17) is 15.7 Å². The zero-order valence-electron chi connectivity index (χ0n) is 9.33. The Morgan fingerprint density at radius 3 is 2.50 bits per heavy atom. The monoisotopic (exact) mass is 200 g/mol. The quantitative estimate of drug-likeness (QED) is 0.761.